The second-order valence-corrected chi connectivity index (χ2v) is 10.7. The summed E-state index contributed by atoms with van der Waals surface area (Å²) in [5, 5.41) is 3.27. The van der Waals surface area contributed by atoms with E-state index in [0.717, 1.165) is 41.1 Å². The second-order valence-electron chi connectivity index (χ2n) is 7.60. The Morgan fingerprint density at radius 3 is 2.50 bits per heavy atom. The SMILES string of the molecule is COc1ccc(-c2nc(NC(=O)c3cccc(S(=O)(=O)N4CCCCC4)c3)sc2C)cc1. The van der Waals surface area contributed by atoms with Gasteiger partial charge in [0, 0.05) is 29.1 Å². The van der Waals surface area contributed by atoms with Gasteiger partial charge in [-0.25, -0.2) is 13.4 Å². The molecule has 168 valence electrons. The summed E-state index contributed by atoms with van der Waals surface area (Å²) in [5.74, 6) is 0.366. The molecule has 0 aliphatic carbocycles. The van der Waals surface area contributed by atoms with Crippen molar-refractivity contribution in [1.29, 1.82) is 0 Å². The summed E-state index contributed by atoms with van der Waals surface area (Å²) in [6, 6.07) is 13.7. The number of aromatic nitrogens is 1. The van der Waals surface area contributed by atoms with E-state index in [9.17, 15) is 13.2 Å². The van der Waals surface area contributed by atoms with Crippen LogP contribution in [0.1, 0.15) is 34.5 Å². The predicted octanol–water partition coefficient (Wildman–Crippen LogP) is 4.55. The number of hydrogen-bond donors (Lipinski definition) is 1. The van der Waals surface area contributed by atoms with E-state index in [4.69, 9.17) is 4.74 Å². The lowest BCUT2D eigenvalue weighted by molar-refractivity contribution is 0.102. The number of nitrogens with one attached hydrogen (secondary N) is 1. The lowest BCUT2D eigenvalue weighted by Crippen LogP contribution is -2.35. The minimum Gasteiger partial charge on any atom is -0.497 e. The normalized spacial score (nSPS) is 14.8. The molecule has 0 unspecified atom stereocenters. The van der Waals surface area contributed by atoms with Gasteiger partial charge in [-0.15, -0.1) is 11.3 Å². The van der Waals surface area contributed by atoms with Crippen molar-refractivity contribution in [3.8, 4) is 17.0 Å². The number of benzene rings is 2. The van der Waals surface area contributed by atoms with Crippen LogP contribution in [0, 0.1) is 6.92 Å². The monoisotopic (exact) mass is 471 g/mol. The van der Waals surface area contributed by atoms with Crippen LogP contribution < -0.4 is 10.1 Å². The summed E-state index contributed by atoms with van der Waals surface area (Å²) < 4.78 is 32.6. The molecule has 1 aliphatic rings. The lowest BCUT2D eigenvalue weighted by Gasteiger charge is -2.26. The van der Waals surface area contributed by atoms with Gasteiger partial charge >= 0.3 is 0 Å². The zero-order valence-corrected chi connectivity index (χ0v) is 19.6. The molecule has 2 heterocycles. The molecule has 3 aromatic rings. The highest BCUT2D eigenvalue weighted by molar-refractivity contribution is 7.89. The first-order valence-electron chi connectivity index (χ1n) is 10.4. The maximum Gasteiger partial charge on any atom is 0.257 e. The van der Waals surface area contributed by atoms with Gasteiger partial charge in [0.2, 0.25) is 10.0 Å². The molecule has 1 N–H and O–H groups in total. The summed E-state index contributed by atoms with van der Waals surface area (Å²) in [4.78, 5) is 18.5. The number of nitrogens with zero attached hydrogens (tertiary/aromatic N) is 2. The average molecular weight is 472 g/mol. The Labute approximate surface area is 192 Å². The van der Waals surface area contributed by atoms with Gasteiger partial charge in [0.05, 0.1) is 17.7 Å². The summed E-state index contributed by atoms with van der Waals surface area (Å²) in [5.41, 5.74) is 1.99. The standard InChI is InChI=1S/C23H25N3O4S2/c1-16-21(17-9-11-19(30-2)12-10-17)24-23(31-16)25-22(27)18-7-6-8-20(15-18)32(28,29)26-13-4-3-5-14-26/h6-12,15H,3-5,13-14H2,1-2H3,(H,24,25,27). The number of piperidine rings is 1. The van der Waals surface area contributed by atoms with Crippen LogP contribution in [0.2, 0.25) is 0 Å². The van der Waals surface area contributed by atoms with Crippen molar-refractivity contribution in [3.63, 3.8) is 0 Å². The van der Waals surface area contributed by atoms with E-state index in [1.807, 2.05) is 31.2 Å². The van der Waals surface area contributed by atoms with E-state index < -0.39 is 15.9 Å². The summed E-state index contributed by atoms with van der Waals surface area (Å²) in [6.07, 6.45) is 2.76. The number of aryl methyl sites for hydroxylation is 1. The molecule has 1 fully saturated rings. The molecule has 9 heteroatoms. The van der Waals surface area contributed by atoms with E-state index in [2.05, 4.69) is 10.3 Å². The van der Waals surface area contributed by atoms with Crippen molar-refractivity contribution in [1.82, 2.24) is 9.29 Å². The fourth-order valence-corrected chi connectivity index (χ4v) is 6.08. The van der Waals surface area contributed by atoms with Crippen molar-refractivity contribution in [2.24, 2.45) is 0 Å². The van der Waals surface area contributed by atoms with Crippen LogP contribution in [0.5, 0.6) is 5.75 Å². The quantitative estimate of drug-likeness (QED) is 0.570. The van der Waals surface area contributed by atoms with Crippen molar-refractivity contribution in [3.05, 3.63) is 59.0 Å². The number of hydrogen-bond acceptors (Lipinski definition) is 6. The summed E-state index contributed by atoms with van der Waals surface area (Å²) >= 11 is 1.37. The van der Waals surface area contributed by atoms with Gasteiger partial charge in [-0.3, -0.25) is 10.1 Å². The highest BCUT2D eigenvalue weighted by Crippen LogP contribution is 2.31. The number of carbonyl (C=O) groups is 1. The molecule has 1 aromatic heterocycles. The molecule has 4 rings (SSSR count). The largest absolute Gasteiger partial charge is 0.497 e. The molecular formula is C23H25N3O4S2. The fraction of sp³-hybridized carbons (Fsp3) is 0.304. The van der Waals surface area contributed by atoms with Gasteiger partial charge in [-0.1, -0.05) is 12.5 Å². The van der Waals surface area contributed by atoms with E-state index in [1.165, 1.54) is 27.8 Å². The maximum atomic E-state index is 12.9. The number of sulfonamides is 1. The highest BCUT2D eigenvalue weighted by Gasteiger charge is 2.26. The maximum absolute atomic E-state index is 12.9. The second kappa shape index (κ2) is 9.40. The summed E-state index contributed by atoms with van der Waals surface area (Å²) in [6.45, 7) is 2.98. The number of methoxy groups -OCH3 is 1. The Balaban J connectivity index is 1.53. The Morgan fingerprint density at radius 2 is 1.81 bits per heavy atom. The van der Waals surface area contributed by atoms with Crippen LogP contribution >= 0.6 is 11.3 Å². The number of thiazole rings is 1. The third-order valence-electron chi connectivity index (χ3n) is 5.43. The topological polar surface area (TPSA) is 88.6 Å². The molecule has 1 saturated heterocycles. The molecule has 2 aromatic carbocycles. The summed E-state index contributed by atoms with van der Waals surface area (Å²) in [7, 11) is -1.99. The van der Waals surface area contributed by atoms with Crippen LogP contribution in [0.3, 0.4) is 0 Å². The minimum absolute atomic E-state index is 0.140. The molecular weight excluding hydrogens is 446 g/mol. The molecule has 7 nitrogen and oxygen atoms in total. The molecule has 0 saturated carbocycles. The zero-order chi connectivity index (χ0) is 22.7. The van der Waals surface area contributed by atoms with Crippen molar-refractivity contribution < 1.29 is 17.9 Å². The van der Waals surface area contributed by atoms with Crippen molar-refractivity contribution >= 4 is 32.4 Å². The highest BCUT2D eigenvalue weighted by atomic mass is 32.2. The molecule has 0 bridgehead atoms. The Kier molecular flexibility index (Phi) is 6.59. The van der Waals surface area contributed by atoms with E-state index in [0.29, 0.717) is 18.2 Å². The third-order valence-corrected chi connectivity index (χ3v) is 8.21. The molecule has 1 amide bonds. The first kappa shape index (κ1) is 22.4. The zero-order valence-electron chi connectivity index (χ0n) is 18.0. The van der Waals surface area contributed by atoms with E-state index in [1.54, 1.807) is 19.2 Å². The van der Waals surface area contributed by atoms with Crippen LogP contribution in [0.15, 0.2) is 53.4 Å². The Morgan fingerprint density at radius 1 is 1.09 bits per heavy atom. The first-order chi connectivity index (χ1) is 15.4. The van der Waals surface area contributed by atoms with Gasteiger partial charge in [0.1, 0.15) is 5.75 Å². The Bertz CT molecular complexity index is 1210. The molecule has 32 heavy (non-hydrogen) atoms. The van der Waals surface area contributed by atoms with E-state index >= 15 is 0 Å². The number of rotatable bonds is 6. The third kappa shape index (κ3) is 4.69. The lowest BCUT2D eigenvalue weighted by atomic mass is 10.1. The Hall–Kier alpha value is -2.75. The number of carbonyl (C=O) groups excluding carboxylic acids is 1. The van der Waals surface area contributed by atoms with Gasteiger partial charge in [0.15, 0.2) is 5.13 Å². The fourth-order valence-electron chi connectivity index (χ4n) is 3.69. The molecule has 0 atom stereocenters. The molecule has 0 radical (unpaired) electrons. The number of anilines is 1. The predicted molar refractivity (Wildman–Crippen MR) is 126 cm³/mol. The average Bonchev–Trinajstić information content (AvgIpc) is 3.19. The smallest absolute Gasteiger partial charge is 0.257 e. The van der Waals surface area contributed by atoms with Gasteiger partial charge in [0.25, 0.3) is 5.91 Å². The minimum atomic E-state index is -3.61. The van der Waals surface area contributed by atoms with Gasteiger partial charge in [-0.2, -0.15) is 4.31 Å². The number of ether oxygens (including phenoxy) is 1. The van der Waals surface area contributed by atoms with Crippen LogP contribution in [-0.4, -0.2) is 43.8 Å². The number of amides is 1. The van der Waals surface area contributed by atoms with Gasteiger partial charge in [-0.05, 0) is 62.2 Å². The molecule has 0 spiro atoms. The van der Waals surface area contributed by atoms with Crippen molar-refractivity contribution in [2.45, 2.75) is 31.1 Å². The van der Waals surface area contributed by atoms with Crippen molar-refractivity contribution in [2.75, 3.05) is 25.5 Å². The van der Waals surface area contributed by atoms with Crippen LogP contribution in [0.4, 0.5) is 5.13 Å². The van der Waals surface area contributed by atoms with Gasteiger partial charge < -0.3 is 4.74 Å². The van der Waals surface area contributed by atoms with Crippen LogP contribution in [-0.2, 0) is 10.0 Å². The molecule has 1 aliphatic heterocycles. The van der Waals surface area contributed by atoms with E-state index in [-0.39, 0.29) is 10.5 Å². The van der Waals surface area contributed by atoms with Crippen LogP contribution in [0.25, 0.3) is 11.3 Å². The first-order valence-corrected chi connectivity index (χ1v) is 12.7.